The Morgan fingerprint density at radius 1 is 1.10 bits per heavy atom. The molecule has 3 N–H and O–H groups in total. The van der Waals surface area contributed by atoms with Crippen molar-refractivity contribution in [2.45, 2.75) is 6.54 Å². The topological polar surface area (TPSA) is 98.1 Å². The molecule has 2 aromatic heterocycles. The summed E-state index contributed by atoms with van der Waals surface area (Å²) >= 11 is 0. The smallest absolute Gasteiger partial charge is 0.276 e. The monoisotopic (exact) mass is 268 g/mol. The molecule has 0 saturated heterocycles. The second kappa shape index (κ2) is 5.10. The Morgan fingerprint density at radius 3 is 2.55 bits per heavy atom. The van der Waals surface area contributed by atoms with E-state index in [2.05, 4.69) is 15.1 Å². The van der Waals surface area contributed by atoms with Gasteiger partial charge >= 0.3 is 0 Å². The minimum atomic E-state index is 0.191. The first-order valence-corrected chi connectivity index (χ1v) is 6.05. The molecule has 0 saturated carbocycles. The number of aromatic hydroxyl groups is 1. The second-order valence-electron chi connectivity index (χ2n) is 4.23. The van der Waals surface area contributed by atoms with Crippen molar-refractivity contribution < 1.29 is 9.63 Å². The fourth-order valence-corrected chi connectivity index (χ4v) is 1.73. The number of hydrogen-bond acceptors (Lipinski definition) is 6. The van der Waals surface area contributed by atoms with Gasteiger partial charge < -0.3 is 15.4 Å². The number of aromatic nitrogens is 3. The Bertz CT molecular complexity index is 705. The molecule has 0 spiro atoms. The molecule has 6 heteroatoms. The first-order valence-electron chi connectivity index (χ1n) is 6.05. The molecular formula is C14H12N4O2. The molecule has 100 valence electrons. The Hall–Kier alpha value is -2.73. The molecule has 0 bridgehead atoms. The normalized spacial score (nSPS) is 10.7. The molecule has 0 aliphatic heterocycles. The van der Waals surface area contributed by atoms with Crippen LogP contribution in [-0.4, -0.2) is 20.2 Å². The first-order chi connectivity index (χ1) is 9.76. The highest BCUT2D eigenvalue weighted by Crippen LogP contribution is 2.22. The van der Waals surface area contributed by atoms with Crippen LogP contribution in [0.15, 0.2) is 47.1 Å². The minimum Gasteiger partial charge on any atom is -0.508 e. The van der Waals surface area contributed by atoms with Gasteiger partial charge in [-0.05, 0) is 35.9 Å². The number of phenols is 1. The molecule has 0 radical (unpaired) electrons. The van der Waals surface area contributed by atoms with Crippen molar-refractivity contribution in [3.63, 3.8) is 0 Å². The van der Waals surface area contributed by atoms with Gasteiger partial charge in [0.15, 0.2) is 0 Å². The lowest BCUT2D eigenvalue weighted by Crippen LogP contribution is -1.96. The molecule has 3 aromatic rings. The van der Waals surface area contributed by atoms with E-state index < -0.39 is 0 Å². The minimum absolute atomic E-state index is 0.191. The van der Waals surface area contributed by atoms with Crippen molar-refractivity contribution in [2.75, 3.05) is 0 Å². The SMILES string of the molecule is NCc1ccc(-c2nc(-c3ccc(O)cc3)no2)nc1. The zero-order valence-electron chi connectivity index (χ0n) is 10.5. The lowest BCUT2D eigenvalue weighted by atomic mass is 10.2. The third-order valence-electron chi connectivity index (χ3n) is 2.83. The van der Waals surface area contributed by atoms with Gasteiger partial charge in [0.2, 0.25) is 5.82 Å². The molecule has 2 heterocycles. The van der Waals surface area contributed by atoms with E-state index in [9.17, 15) is 5.11 Å². The van der Waals surface area contributed by atoms with Crippen LogP contribution in [0.5, 0.6) is 5.75 Å². The predicted octanol–water partition coefficient (Wildman–Crippen LogP) is 1.96. The summed E-state index contributed by atoms with van der Waals surface area (Å²) in [6.07, 6.45) is 1.68. The van der Waals surface area contributed by atoms with Gasteiger partial charge in [-0.2, -0.15) is 4.98 Å². The second-order valence-corrected chi connectivity index (χ2v) is 4.23. The number of phenolic OH excluding ortho intramolecular Hbond substituents is 1. The van der Waals surface area contributed by atoms with Crippen LogP contribution in [-0.2, 0) is 6.54 Å². The fraction of sp³-hybridized carbons (Fsp3) is 0.0714. The summed E-state index contributed by atoms with van der Waals surface area (Å²) in [5, 5.41) is 13.2. The maximum atomic E-state index is 9.25. The Kier molecular flexibility index (Phi) is 3.14. The van der Waals surface area contributed by atoms with Crippen molar-refractivity contribution in [2.24, 2.45) is 5.73 Å². The molecular weight excluding hydrogens is 256 g/mol. The largest absolute Gasteiger partial charge is 0.508 e. The summed E-state index contributed by atoms with van der Waals surface area (Å²) in [4.78, 5) is 8.51. The number of nitrogens with zero attached hydrogens (tertiary/aromatic N) is 3. The summed E-state index contributed by atoms with van der Waals surface area (Å²) in [6.45, 7) is 0.440. The molecule has 6 nitrogen and oxygen atoms in total. The van der Waals surface area contributed by atoms with Crippen LogP contribution in [0.4, 0.5) is 0 Å². The molecule has 1 aromatic carbocycles. The number of nitrogens with two attached hydrogens (primary N) is 1. The van der Waals surface area contributed by atoms with Gasteiger partial charge in [-0.3, -0.25) is 4.98 Å². The maximum Gasteiger partial charge on any atom is 0.276 e. The Labute approximate surface area is 114 Å². The van der Waals surface area contributed by atoms with E-state index in [1.54, 1.807) is 36.5 Å². The lowest BCUT2D eigenvalue weighted by Gasteiger charge is -1.96. The van der Waals surface area contributed by atoms with Crippen LogP contribution in [0.25, 0.3) is 23.0 Å². The number of rotatable bonds is 3. The molecule has 20 heavy (non-hydrogen) atoms. The standard InChI is InChI=1S/C14H12N4O2/c15-7-9-1-6-12(16-8-9)14-17-13(18-20-14)10-2-4-11(19)5-3-10/h1-6,8,19H,7,15H2. The molecule has 0 amide bonds. The first kappa shape index (κ1) is 12.3. The van der Waals surface area contributed by atoms with Crippen LogP contribution in [0.3, 0.4) is 0 Å². The van der Waals surface area contributed by atoms with Crippen molar-refractivity contribution >= 4 is 0 Å². The molecule has 0 atom stereocenters. The zero-order chi connectivity index (χ0) is 13.9. The molecule has 0 unspecified atom stereocenters. The van der Waals surface area contributed by atoms with Gasteiger partial charge in [0.1, 0.15) is 11.4 Å². The van der Waals surface area contributed by atoms with Crippen molar-refractivity contribution in [3.8, 4) is 28.7 Å². The van der Waals surface area contributed by atoms with Crippen LogP contribution < -0.4 is 5.73 Å². The van der Waals surface area contributed by atoms with E-state index in [0.717, 1.165) is 11.1 Å². The van der Waals surface area contributed by atoms with Gasteiger partial charge in [-0.15, -0.1) is 0 Å². The van der Waals surface area contributed by atoms with Crippen molar-refractivity contribution in [1.82, 2.24) is 15.1 Å². The average molecular weight is 268 g/mol. The van der Waals surface area contributed by atoms with E-state index in [1.165, 1.54) is 0 Å². The van der Waals surface area contributed by atoms with Crippen molar-refractivity contribution in [1.29, 1.82) is 0 Å². The third-order valence-corrected chi connectivity index (χ3v) is 2.83. The maximum absolute atomic E-state index is 9.25. The van der Waals surface area contributed by atoms with Gasteiger partial charge in [0, 0.05) is 18.3 Å². The lowest BCUT2D eigenvalue weighted by molar-refractivity contribution is 0.431. The van der Waals surface area contributed by atoms with Gasteiger partial charge in [-0.1, -0.05) is 11.2 Å². The third kappa shape index (κ3) is 2.36. The number of hydrogen-bond donors (Lipinski definition) is 2. The Morgan fingerprint density at radius 2 is 1.90 bits per heavy atom. The summed E-state index contributed by atoms with van der Waals surface area (Å²) in [7, 11) is 0. The number of benzene rings is 1. The van der Waals surface area contributed by atoms with Crippen LogP contribution in [0.1, 0.15) is 5.56 Å². The van der Waals surface area contributed by atoms with E-state index in [0.29, 0.717) is 24.0 Å². The summed E-state index contributed by atoms with van der Waals surface area (Å²) in [5.74, 6) is 0.984. The summed E-state index contributed by atoms with van der Waals surface area (Å²) < 4.78 is 5.19. The predicted molar refractivity (Wildman–Crippen MR) is 72.5 cm³/mol. The highest BCUT2D eigenvalue weighted by molar-refractivity contribution is 5.58. The van der Waals surface area contributed by atoms with E-state index in [-0.39, 0.29) is 5.75 Å². The van der Waals surface area contributed by atoms with Gasteiger partial charge in [-0.25, -0.2) is 0 Å². The average Bonchev–Trinajstić information content (AvgIpc) is 2.98. The molecule has 0 fully saturated rings. The highest BCUT2D eigenvalue weighted by Gasteiger charge is 2.11. The van der Waals surface area contributed by atoms with Gasteiger partial charge in [0.25, 0.3) is 5.89 Å². The molecule has 3 rings (SSSR count). The van der Waals surface area contributed by atoms with E-state index >= 15 is 0 Å². The fourth-order valence-electron chi connectivity index (χ4n) is 1.73. The zero-order valence-corrected chi connectivity index (χ0v) is 10.5. The quantitative estimate of drug-likeness (QED) is 0.753. The number of pyridine rings is 1. The highest BCUT2D eigenvalue weighted by atomic mass is 16.5. The van der Waals surface area contributed by atoms with Gasteiger partial charge in [0.05, 0.1) is 0 Å². The van der Waals surface area contributed by atoms with Crippen LogP contribution in [0, 0.1) is 0 Å². The van der Waals surface area contributed by atoms with Crippen molar-refractivity contribution in [3.05, 3.63) is 48.2 Å². The Balaban J connectivity index is 1.91. The summed E-state index contributed by atoms with van der Waals surface area (Å²) in [6, 6.07) is 10.2. The van der Waals surface area contributed by atoms with Crippen LogP contribution in [0.2, 0.25) is 0 Å². The van der Waals surface area contributed by atoms with E-state index in [4.69, 9.17) is 10.3 Å². The van der Waals surface area contributed by atoms with Crippen LogP contribution >= 0.6 is 0 Å². The van der Waals surface area contributed by atoms with E-state index in [1.807, 2.05) is 6.07 Å². The molecule has 0 aliphatic carbocycles. The summed E-state index contributed by atoms with van der Waals surface area (Å²) in [5.41, 5.74) is 7.81. The molecule has 0 aliphatic rings.